The number of rotatable bonds is 10. The van der Waals surface area contributed by atoms with E-state index >= 15 is 0 Å². The van der Waals surface area contributed by atoms with Crippen molar-refractivity contribution in [2.24, 2.45) is 0 Å². The molecule has 8 nitrogen and oxygen atoms in total. The van der Waals surface area contributed by atoms with E-state index in [2.05, 4.69) is 5.32 Å². The van der Waals surface area contributed by atoms with Crippen LogP contribution in [0.2, 0.25) is 0 Å². The van der Waals surface area contributed by atoms with Crippen LogP contribution in [-0.4, -0.2) is 61.1 Å². The highest BCUT2D eigenvalue weighted by Gasteiger charge is 2.48. The number of aromatic nitrogens is 1. The number of amides is 1. The van der Waals surface area contributed by atoms with Gasteiger partial charge in [-0.25, -0.2) is 4.39 Å². The molecule has 3 atom stereocenters. The van der Waals surface area contributed by atoms with E-state index in [1.165, 1.54) is 36.4 Å². The smallest absolute Gasteiger partial charge is 0.394 e. The average molecular weight is 618 g/mol. The first kappa shape index (κ1) is 32.4. The number of halogens is 4. The Balaban J connectivity index is 1.73. The largest absolute Gasteiger partial charge is 0.416 e. The summed E-state index contributed by atoms with van der Waals surface area (Å²) in [5, 5.41) is 43.4. The quantitative estimate of drug-likeness (QED) is 0.105. The van der Waals surface area contributed by atoms with Gasteiger partial charge in [-0.3, -0.25) is 13.6 Å². The van der Waals surface area contributed by atoms with Crippen LogP contribution in [-0.2, 0) is 29.3 Å². The van der Waals surface area contributed by atoms with E-state index in [0.717, 1.165) is 12.1 Å². The highest BCUT2D eigenvalue weighted by atomic mass is 32.2. The predicted octanol–water partition coefficient (Wildman–Crippen LogP) is 3.22. The van der Waals surface area contributed by atoms with Crippen LogP contribution in [0.15, 0.2) is 77.7 Å². The Labute approximate surface area is 247 Å². The standard InChI is InChI=1S/C29H27BF4N2O6S/c1-2-43(42)22-10-7-17(8-11-22)24(16-37)35-26(38)19-9-12-25-20(13-19)15-21(36(25)29(40,41)28(30,34)39)14-18-5-3-4-6-23(18)27(31,32)33/h3-13,15,24,37,39-41H,2,14,16H2,1H3,(H,35,38). The van der Waals surface area contributed by atoms with Crippen molar-refractivity contribution in [1.29, 1.82) is 0 Å². The molecule has 4 aromatic rings. The van der Waals surface area contributed by atoms with Gasteiger partial charge in [0.2, 0.25) is 5.75 Å². The number of nitrogens with zero attached hydrogens (tertiary/aromatic N) is 1. The number of carbonyl (C=O) groups is 1. The van der Waals surface area contributed by atoms with Gasteiger partial charge >= 0.3 is 12.1 Å². The minimum absolute atomic E-state index is 0.0128. The molecule has 0 saturated carbocycles. The van der Waals surface area contributed by atoms with E-state index in [1.807, 2.05) is 0 Å². The third kappa shape index (κ3) is 6.68. The Morgan fingerprint density at radius 3 is 2.23 bits per heavy atom. The van der Waals surface area contributed by atoms with Gasteiger partial charge in [-0.1, -0.05) is 37.3 Å². The summed E-state index contributed by atoms with van der Waals surface area (Å²) in [6.07, 6.45) is -5.34. The fourth-order valence-electron chi connectivity index (χ4n) is 4.71. The minimum Gasteiger partial charge on any atom is -0.394 e. The molecular weight excluding hydrogens is 591 g/mol. The van der Waals surface area contributed by atoms with Crippen molar-refractivity contribution >= 4 is 35.5 Å². The van der Waals surface area contributed by atoms with Crippen molar-refractivity contribution in [1.82, 2.24) is 9.88 Å². The molecule has 1 amide bonds. The molecule has 0 aliphatic carbocycles. The molecule has 1 heterocycles. The fraction of sp³-hybridized carbons (Fsp3) is 0.276. The van der Waals surface area contributed by atoms with Crippen LogP contribution in [0.25, 0.3) is 10.9 Å². The molecule has 14 heteroatoms. The SMILES string of the molecule is [B]C(O)(F)C(O)(O)n1c(Cc2ccccc2C(F)(F)F)cc2cc(C(=O)NC(CO)c3ccc(S(=O)CC)cc3)ccc21. The maximum Gasteiger partial charge on any atom is 0.416 e. The van der Waals surface area contributed by atoms with Crippen LogP contribution in [0.5, 0.6) is 0 Å². The highest BCUT2D eigenvalue weighted by molar-refractivity contribution is 7.85. The summed E-state index contributed by atoms with van der Waals surface area (Å²) in [7, 11) is 3.79. The third-order valence-corrected chi connectivity index (χ3v) is 8.23. The van der Waals surface area contributed by atoms with Gasteiger partial charge in [0.15, 0.2) is 7.85 Å². The van der Waals surface area contributed by atoms with Crippen LogP contribution in [0.1, 0.15) is 45.7 Å². The molecular formula is C29H27BF4N2O6S. The van der Waals surface area contributed by atoms with Crippen molar-refractivity contribution in [3.8, 4) is 0 Å². The van der Waals surface area contributed by atoms with E-state index in [-0.39, 0.29) is 27.7 Å². The zero-order valence-electron chi connectivity index (χ0n) is 22.7. The molecule has 1 aromatic heterocycles. The Kier molecular flexibility index (Phi) is 9.19. The summed E-state index contributed by atoms with van der Waals surface area (Å²) >= 11 is 0. The highest BCUT2D eigenvalue weighted by Crippen LogP contribution is 2.36. The monoisotopic (exact) mass is 618 g/mol. The molecule has 0 aliphatic rings. The molecule has 0 fully saturated rings. The molecule has 3 unspecified atom stereocenters. The molecule has 0 bridgehead atoms. The Morgan fingerprint density at radius 2 is 1.65 bits per heavy atom. The normalized spacial score (nSPS) is 15.2. The van der Waals surface area contributed by atoms with Gasteiger partial charge in [0.25, 0.3) is 5.91 Å². The number of aliphatic hydroxyl groups is 4. The number of hydrogen-bond donors (Lipinski definition) is 5. The molecule has 3 aromatic carbocycles. The Hall–Kier alpha value is -3.56. The number of hydrogen-bond acceptors (Lipinski definition) is 6. The summed E-state index contributed by atoms with van der Waals surface area (Å²) in [6, 6.07) is 15.0. The van der Waals surface area contributed by atoms with E-state index in [4.69, 9.17) is 7.85 Å². The first-order valence-electron chi connectivity index (χ1n) is 12.9. The van der Waals surface area contributed by atoms with E-state index in [0.29, 0.717) is 20.8 Å². The molecule has 0 aliphatic heterocycles. The van der Waals surface area contributed by atoms with Crippen LogP contribution in [0, 0.1) is 0 Å². The molecule has 5 N–H and O–H groups in total. The summed E-state index contributed by atoms with van der Waals surface area (Å²) in [5.41, 5.74) is -1.19. The van der Waals surface area contributed by atoms with Gasteiger partial charge < -0.3 is 25.7 Å². The van der Waals surface area contributed by atoms with Crippen molar-refractivity contribution < 1.29 is 47.0 Å². The van der Waals surface area contributed by atoms with Crippen molar-refractivity contribution in [3.05, 3.63) is 101 Å². The Morgan fingerprint density at radius 1 is 1.00 bits per heavy atom. The third-order valence-electron chi connectivity index (χ3n) is 6.91. The summed E-state index contributed by atoms with van der Waals surface area (Å²) < 4.78 is 67.8. The van der Waals surface area contributed by atoms with Crippen molar-refractivity contribution in [2.75, 3.05) is 12.4 Å². The van der Waals surface area contributed by atoms with Gasteiger partial charge in [-0.05, 0) is 53.6 Å². The predicted molar refractivity (Wildman–Crippen MR) is 151 cm³/mol. The number of fused-ring (bicyclic) bond motifs is 1. The number of aliphatic hydroxyl groups excluding tert-OH is 1. The van der Waals surface area contributed by atoms with E-state index < -0.39 is 59.2 Å². The zero-order valence-corrected chi connectivity index (χ0v) is 23.5. The molecule has 0 spiro atoms. The van der Waals surface area contributed by atoms with Gasteiger partial charge in [0.05, 0.1) is 34.5 Å². The number of benzene rings is 3. The van der Waals surface area contributed by atoms with Crippen LogP contribution in [0.3, 0.4) is 0 Å². The van der Waals surface area contributed by atoms with Gasteiger partial charge in [0, 0.05) is 33.7 Å². The first-order chi connectivity index (χ1) is 20.1. The molecule has 43 heavy (non-hydrogen) atoms. The van der Waals surface area contributed by atoms with Crippen molar-refractivity contribution in [2.45, 2.75) is 42.1 Å². The maximum absolute atomic E-state index is 14.4. The lowest BCUT2D eigenvalue weighted by Crippen LogP contribution is -2.54. The lowest BCUT2D eigenvalue weighted by atomic mass is 9.92. The first-order valence-corrected chi connectivity index (χ1v) is 14.2. The van der Waals surface area contributed by atoms with Crippen LogP contribution in [0.4, 0.5) is 17.6 Å². The minimum atomic E-state index is -4.75. The summed E-state index contributed by atoms with van der Waals surface area (Å²) in [6.45, 7) is 1.29. The van der Waals surface area contributed by atoms with E-state index in [1.54, 1.807) is 31.2 Å². The van der Waals surface area contributed by atoms with E-state index in [9.17, 15) is 47.0 Å². The Bertz CT molecular complexity index is 1650. The molecule has 226 valence electrons. The fourth-order valence-corrected chi connectivity index (χ4v) is 5.48. The van der Waals surface area contributed by atoms with Crippen LogP contribution < -0.4 is 5.32 Å². The number of nitrogens with one attached hydrogen (secondary N) is 1. The lowest BCUT2D eigenvalue weighted by molar-refractivity contribution is -0.338. The summed E-state index contributed by atoms with van der Waals surface area (Å²) in [4.78, 5) is 13.7. The topological polar surface area (TPSA) is 132 Å². The number of alkyl halides is 4. The van der Waals surface area contributed by atoms with Crippen LogP contribution >= 0.6 is 0 Å². The van der Waals surface area contributed by atoms with Crippen molar-refractivity contribution in [3.63, 3.8) is 0 Å². The molecule has 2 radical (unpaired) electrons. The summed E-state index contributed by atoms with van der Waals surface area (Å²) in [5.74, 6) is -8.21. The maximum atomic E-state index is 14.4. The van der Waals surface area contributed by atoms with Gasteiger partial charge in [-0.2, -0.15) is 13.2 Å². The lowest BCUT2D eigenvalue weighted by Gasteiger charge is -2.34. The molecule has 0 saturated heterocycles. The second kappa shape index (κ2) is 12.2. The van der Waals surface area contributed by atoms with Gasteiger partial charge in [-0.15, -0.1) is 0 Å². The second-order valence-electron chi connectivity index (χ2n) is 9.80. The second-order valence-corrected chi connectivity index (χ2v) is 11.5. The van der Waals surface area contributed by atoms with Gasteiger partial charge in [0.1, 0.15) is 0 Å². The zero-order chi connectivity index (χ0) is 31.7. The number of carbonyl (C=O) groups excluding carboxylic acids is 1. The average Bonchev–Trinajstić information content (AvgIpc) is 3.32. The molecule has 4 rings (SSSR count).